The summed E-state index contributed by atoms with van der Waals surface area (Å²) in [6.45, 7) is 7.84. The van der Waals surface area contributed by atoms with Gasteiger partial charge in [-0.3, -0.25) is 0 Å². The summed E-state index contributed by atoms with van der Waals surface area (Å²) in [6.07, 6.45) is 5.55. The molecule has 0 radical (unpaired) electrons. The lowest BCUT2D eigenvalue weighted by Crippen LogP contribution is -2.40. The monoisotopic (exact) mass is 238 g/mol. The molecule has 0 spiro atoms. The normalized spacial score (nSPS) is 20.4. The Morgan fingerprint density at radius 3 is 2.75 bits per heavy atom. The Morgan fingerprint density at radius 1 is 1.56 bits per heavy atom. The van der Waals surface area contributed by atoms with Crippen molar-refractivity contribution in [1.29, 1.82) is 0 Å². The highest BCUT2D eigenvalue weighted by Gasteiger charge is 2.35. The highest BCUT2D eigenvalue weighted by Crippen LogP contribution is 2.43. The maximum Gasteiger partial charge on any atom is 0.0798 e. The lowest BCUT2D eigenvalue weighted by atomic mass is 9.67. The summed E-state index contributed by atoms with van der Waals surface area (Å²) in [7, 11) is 0. The van der Waals surface area contributed by atoms with Crippen LogP contribution < -0.4 is 5.32 Å². The van der Waals surface area contributed by atoms with Crippen molar-refractivity contribution in [3.63, 3.8) is 0 Å². The summed E-state index contributed by atoms with van der Waals surface area (Å²) in [5.41, 5.74) is 3.73. The minimum atomic E-state index is 0.455. The van der Waals surface area contributed by atoms with Crippen molar-refractivity contribution in [2.75, 3.05) is 6.54 Å². The van der Waals surface area contributed by atoms with E-state index in [2.05, 4.69) is 31.1 Å². The molecule has 1 aromatic heterocycles. The van der Waals surface area contributed by atoms with Crippen LogP contribution in [0.3, 0.4) is 0 Å². The molecule has 1 unspecified atom stereocenters. The number of thiazole rings is 1. The van der Waals surface area contributed by atoms with Gasteiger partial charge >= 0.3 is 0 Å². The van der Waals surface area contributed by atoms with Crippen LogP contribution >= 0.6 is 11.3 Å². The molecule has 0 aromatic carbocycles. The third-order valence-corrected chi connectivity index (χ3v) is 5.24. The number of hydrogen-bond donors (Lipinski definition) is 1. The molecule has 1 saturated carbocycles. The van der Waals surface area contributed by atoms with Crippen molar-refractivity contribution in [3.05, 3.63) is 16.1 Å². The van der Waals surface area contributed by atoms with Crippen LogP contribution in [-0.4, -0.2) is 11.5 Å². The first-order chi connectivity index (χ1) is 7.67. The van der Waals surface area contributed by atoms with Crippen LogP contribution in [-0.2, 0) is 0 Å². The second-order valence-corrected chi connectivity index (χ2v) is 6.00. The Hall–Kier alpha value is -0.410. The molecule has 0 amide bonds. The van der Waals surface area contributed by atoms with E-state index in [9.17, 15) is 0 Å². The highest BCUT2D eigenvalue weighted by atomic mass is 32.1. The number of nitrogens with one attached hydrogen (secondary N) is 1. The Bertz CT molecular complexity index is 336. The van der Waals surface area contributed by atoms with Gasteiger partial charge in [-0.25, -0.2) is 4.98 Å². The molecule has 3 heteroatoms. The first-order valence-corrected chi connectivity index (χ1v) is 7.18. The third-order valence-electron chi connectivity index (χ3n) is 4.12. The van der Waals surface area contributed by atoms with Gasteiger partial charge in [0, 0.05) is 17.5 Å². The van der Waals surface area contributed by atoms with Crippen LogP contribution in [0.4, 0.5) is 0 Å². The van der Waals surface area contributed by atoms with Crippen molar-refractivity contribution in [2.45, 2.75) is 52.5 Å². The molecule has 2 nitrogen and oxygen atoms in total. The fraction of sp³-hybridized carbons (Fsp3) is 0.769. The van der Waals surface area contributed by atoms with E-state index in [-0.39, 0.29) is 0 Å². The van der Waals surface area contributed by atoms with Gasteiger partial charge in [-0.1, -0.05) is 13.3 Å². The maximum atomic E-state index is 4.31. The lowest BCUT2D eigenvalue weighted by molar-refractivity contribution is 0.120. The van der Waals surface area contributed by atoms with Gasteiger partial charge in [0.2, 0.25) is 0 Å². The molecule has 16 heavy (non-hydrogen) atoms. The summed E-state index contributed by atoms with van der Waals surface area (Å²) in [6, 6.07) is 0.455. The first-order valence-electron chi connectivity index (χ1n) is 6.30. The topological polar surface area (TPSA) is 24.9 Å². The van der Waals surface area contributed by atoms with E-state index in [1.165, 1.54) is 42.8 Å². The van der Waals surface area contributed by atoms with Gasteiger partial charge in [0.1, 0.15) is 0 Å². The van der Waals surface area contributed by atoms with Crippen LogP contribution in [0, 0.1) is 12.3 Å². The number of aromatic nitrogens is 1. The second-order valence-electron chi connectivity index (χ2n) is 5.11. The second kappa shape index (κ2) is 4.84. The summed E-state index contributed by atoms with van der Waals surface area (Å²) >= 11 is 1.77. The standard InChI is InChI=1S/C13H22N2S/c1-4-13(6-5-7-13)8-14-10(2)12-11(3)15-9-16-12/h9-10,14H,4-8H2,1-3H3. The average Bonchev–Trinajstić information content (AvgIpc) is 2.63. The van der Waals surface area contributed by atoms with Gasteiger partial charge in [0.25, 0.3) is 0 Å². The van der Waals surface area contributed by atoms with E-state index in [4.69, 9.17) is 0 Å². The van der Waals surface area contributed by atoms with Crippen LogP contribution in [0.25, 0.3) is 0 Å². The molecule has 90 valence electrons. The Labute approximate surface area is 102 Å². The summed E-state index contributed by atoms with van der Waals surface area (Å²) in [4.78, 5) is 5.71. The number of nitrogens with zero attached hydrogens (tertiary/aromatic N) is 1. The lowest BCUT2D eigenvalue weighted by Gasteiger charge is -2.42. The largest absolute Gasteiger partial charge is 0.309 e. The maximum absolute atomic E-state index is 4.31. The van der Waals surface area contributed by atoms with Crippen molar-refractivity contribution < 1.29 is 0 Å². The predicted molar refractivity (Wildman–Crippen MR) is 69.8 cm³/mol. The summed E-state index contributed by atoms with van der Waals surface area (Å²) in [5.74, 6) is 0. The number of hydrogen-bond acceptors (Lipinski definition) is 3. The van der Waals surface area contributed by atoms with Crippen molar-refractivity contribution in [3.8, 4) is 0 Å². The molecule has 0 aliphatic heterocycles. The zero-order chi connectivity index (χ0) is 11.6. The zero-order valence-electron chi connectivity index (χ0n) is 10.5. The van der Waals surface area contributed by atoms with Gasteiger partial charge in [0.05, 0.1) is 11.2 Å². The van der Waals surface area contributed by atoms with E-state index in [0.29, 0.717) is 11.5 Å². The highest BCUT2D eigenvalue weighted by molar-refractivity contribution is 7.09. The summed E-state index contributed by atoms with van der Waals surface area (Å²) < 4.78 is 0. The minimum Gasteiger partial charge on any atom is -0.309 e. The fourth-order valence-electron chi connectivity index (χ4n) is 2.52. The quantitative estimate of drug-likeness (QED) is 0.846. The van der Waals surface area contributed by atoms with Crippen molar-refractivity contribution in [1.82, 2.24) is 10.3 Å². The molecule has 0 saturated heterocycles. The molecule has 0 bridgehead atoms. The summed E-state index contributed by atoms with van der Waals surface area (Å²) in [5, 5.41) is 3.69. The molecular weight excluding hydrogens is 216 g/mol. The molecule has 1 heterocycles. The molecule has 2 rings (SSSR count). The number of aryl methyl sites for hydroxylation is 1. The van der Waals surface area contributed by atoms with Gasteiger partial charge < -0.3 is 5.32 Å². The van der Waals surface area contributed by atoms with Gasteiger partial charge in [-0.15, -0.1) is 11.3 Å². The molecular formula is C13H22N2S. The smallest absolute Gasteiger partial charge is 0.0798 e. The van der Waals surface area contributed by atoms with Gasteiger partial charge in [-0.2, -0.15) is 0 Å². The molecule has 1 aliphatic rings. The SMILES string of the molecule is CCC1(CNC(C)c2scnc2C)CCC1. The number of rotatable bonds is 5. The van der Waals surface area contributed by atoms with Crippen molar-refractivity contribution in [2.24, 2.45) is 5.41 Å². The van der Waals surface area contributed by atoms with Crippen LogP contribution in [0.1, 0.15) is 56.1 Å². The predicted octanol–water partition coefficient (Wildman–Crippen LogP) is 3.68. The molecule has 1 N–H and O–H groups in total. The van der Waals surface area contributed by atoms with Crippen LogP contribution in [0.2, 0.25) is 0 Å². The van der Waals surface area contributed by atoms with Crippen LogP contribution in [0.5, 0.6) is 0 Å². The van der Waals surface area contributed by atoms with Crippen molar-refractivity contribution >= 4 is 11.3 Å². The van der Waals surface area contributed by atoms with E-state index in [0.717, 1.165) is 0 Å². The molecule has 1 atom stereocenters. The molecule has 1 fully saturated rings. The molecule has 1 aromatic rings. The van der Waals surface area contributed by atoms with Gasteiger partial charge in [0.15, 0.2) is 0 Å². The molecule has 1 aliphatic carbocycles. The van der Waals surface area contributed by atoms with E-state index in [1.54, 1.807) is 11.3 Å². The third kappa shape index (κ3) is 2.30. The van der Waals surface area contributed by atoms with Crippen LogP contribution in [0.15, 0.2) is 5.51 Å². The Kier molecular flexibility index (Phi) is 3.65. The minimum absolute atomic E-state index is 0.455. The zero-order valence-corrected chi connectivity index (χ0v) is 11.4. The van der Waals surface area contributed by atoms with E-state index < -0.39 is 0 Å². The Morgan fingerprint density at radius 2 is 2.31 bits per heavy atom. The van der Waals surface area contributed by atoms with E-state index in [1.807, 2.05) is 5.51 Å². The fourth-order valence-corrected chi connectivity index (χ4v) is 3.36. The van der Waals surface area contributed by atoms with Gasteiger partial charge in [-0.05, 0) is 38.5 Å². The average molecular weight is 238 g/mol. The van der Waals surface area contributed by atoms with E-state index >= 15 is 0 Å². The first kappa shape index (κ1) is 12.1. The Balaban J connectivity index is 1.88.